The third-order valence-electron chi connectivity index (χ3n) is 8.97. The summed E-state index contributed by atoms with van der Waals surface area (Å²) in [4.78, 5) is 0. The second kappa shape index (κ2) is 14.0. The fraction of sp³-hybridized carbons (Fsp3) is 0.0732. The third-order valence-corrected chi connectivity index (χ3v) is 8.97. The van der Waals surface area contributed by atoms with Gasteiger partial charge in [0.05, 0.1) is 11.1 Å². The zero-order chi connectivity index (χ0) is 32.5. The number of hydrogen-bond acceptors (Lipinski definition) is 0. The van der Waals surface area contributed by atoms with Crippen LogP contribution in [0, 0.1) is 0 Å². The van der Waals surface area contributed by atoms with Crippen molar-refractivity contribution in [1.82, 2.24) is 0 Å². The first kappa shape index (κ1) is 37.4. The summed E-state index contributed by atoms with van der Waals surface area (Å²) in [6.45, 7) is 0. The Balaban J connectivity index is 0.00000162. The fourth-order valence-corrected chi connectivity index (χ4v) is 6.99. The van der Waals surface area contributed by atoms with Gasteiger partial charge in [0.15, 0.2) is 0 Å². The fourth-order valence-electron chi connectivity index (χ4n) is 6.99. The molecule has 247 valence electrons. The van der Waals surface area contributed by atoms with E-state index in [-0.39, 0.29) is 67.7 Å². The zero-order valence-electron chi connectivity index (χ0n) is 25.9. The van der Waals surface area contributed by atoms with Crippen LogP contribution in [0.1, 0.15) is 39.8 Å². The van der Waals surface area contributed by atoms with Gasteiger partial charge < -0.3 is 24.8 Å². The van der Waals surface area contributed by atoms with Gasteiger partial charge in [0.2, 0.25) is 0 Å². The van der Waals surface area contributed by atoms with Gasteiger partial charge in [-0.25, -0.2) is 0 Å². The van der Waals surface area contributed by atoms with Gasteiger partial charge >= 0.3 is 38.6 Å². The smallest absolute Gasteiger partial charge is 1.00 e. The Labute approximate surface area is 315 Å². The van der Waals surface area contributed by atoms with Crippen LogP contribution in [0.3, 0.4) is 0 Å². The Morgan fingerprint density at radius 2 is 1.10 bits per heavy atom. The molecule has 0 saturated heterocycles. The minimum atomic E-state index is -4.64. The van der Waals surface area contributed by atoms with Gasteiger partial charge in [-0.05, 0) is 74.5 Å². The number of allylic oxidation sites excluding steroid dienone is 4. The van der Waals surface area contributed by atoms with Gasteiger partial charge in [-0.1, -0.05) is 113 Å². The van der Waals surface area contributed by atoms with E-state index < -0.39 is 23.5 Å². The monoisotopic (exact) mass is 789 g/mol. The molecule has 0 aliphatic heterocycles. The van der Waals surface area contributed by atoms with E-state index in [0.29, 0.717) is 11.6 Å². The predicted octanol–water partition coefficient (Wildman–Crippen LogP) is 4.31. The molecule has 0 atom stereocenters. The number of hydrogen-bond donors (Lipinski definition) is 0. The average Bonchev–Trinajstić information content (AvgIpc) is 3.74. The van der Waals surface area contributed by atoms with Crippen molar-refractivity contribution in [1.29, 1.82) is 0 Å². The topological polar surface area (TPSA) is 0 Å². The molecule has 2 aliphatic rings. The van der Waals surface area contributed by atoms with Crippen molar-refractivity contribution in [3.8, 4) is 11.1 Å². The Kier molecular flexibility index (Phi) is 10.5. The van der Waals surface area contributed by atoms with Crippen LogP contribution in [0.25, 0.3) is 49.9 Å². The van der Waals surface area contributed by atoms with E-state index in [2.05, 4.69) is 30.3 Å². The predicted molar refractivity (Wildman–Crippen MR) is 175 cm³/mol. The van der Waals surface area contributed by atoms with Crippen molar-refractivity contribution in [3.05, 3.63) is 171 Å². The van der Waals surface area contributed by atoms with Crippen molar-refractivity contribution in [3.63, 3.8) is 0 Å². The quantitative estimate of drug-likeness (QED) is 0.142. The van der Waals surface area contributed by atoms with Gasteiger partial charge in [0.25, 0.3) is 0 Å². The normalized spacial score (nSPS) is 13.0. The minimum absolute atomic E-state index is 0. The SMILES string of the molecule is FC(F)(F)c1cccc(C(c2cccc(C(F)(F)F)c2)=c2ccc3c(c2C2=CC=CC2)-c2c(c4ccccc4c4ccccc24)[C-]=3)c1.[Cl-].[Cl-].[Zr+3]. The van der Waals surface area contributed by atoms with Crippen LogP contribution in [0.5, 0.6) is 0 Å². The molecule has 0 bridgehead atoms. The molecule has 0 amide bonds. The first-order valence-corrected chi connectivity index (χ1v) is 15.1. The van der Waals surface area contributed by atoms with E-state index in [0.717, 1.165) is 78.9 Å². The van der Waals surface area contributed by atoms with Gasteiger partial charge in [0, 0.05) is 0 Å². The maximum Gasteiger partial charge on any atom is 3.00 e. The first-order valence-electron chi connectivity index (χ1n) is 15.1. The molecule has 8 rings (SSSR count). The molecular weight excluding hydrogens is 769 g/mol. The van der Waals surface area contributed by atoms with E-state index in [1.54, 1.807) is 0 Å². The standard InChI is InChI=1S/C41H23F6.2ClH.Zr/c42-40(43,44)28-13-7-11-25(21-28)36(26-12-8-14-29(22-26)41(45,46)47)34-20-19-27-23-35-32-17-4-3-15-30(32)31-16-5-6-18-33(31)39(35)38(27)37(34)24-9-1-2-10-24;;;/h1-9,11-22H,10H2;2*1H;/q-1;;;+3/p-2. The van der Waals surface area contributed by atoms with E-state index in [9.17, 15) is 26.3 Å². The molecule has 9 heteroatoms. The second-order valence-corrected chi connectivity index (χ2v) is 11.7. The van der Waals surface area contributed by atoms with Crippen molar-refractivity contribution in [2.45, 2.75) is 18.8 Å². The summed E-state index contributed by atoms with van der Waals surface area (Å²) >= 11 is 0. The maximum absolute atomic E-state index is 14.0. The van der Waals surface area contributed by atoms with Crippen molar-refractivity contribution in [2.75, 3.05) is 0 Å². The van der Waals surface area contributed by atoms with Crippen molar-refractivity contribution in [2.24, 2.45) is 0 Å². The Morgan fingerprint density at radius 1 is 0.560 bits per heavy atom. The molecule has 50 heavy (non-hydrogen) atoms. The molecule has 0 heterocycles. The Hall–Kier alpha value is -3.90. The molecule has 0 nitrogen and oxygen atoms in total. The minimum Gasteiger partial charge on any atom is -1.00 e. The van der Waals surface area contributed by atoms with E-state index in [1.165, 1.54) is 24.3 Å². The molecule has 0 unspecified atom stereocenters. The Bertz CT molecular complexity index is 2420. The van der Waals surface area contributed by atoms with Crippen LogP contribution < -0.4 is 35.3 Å². The number of halogens is 8. The number of benzene rings is 6. The van der Waals surface area contributed by atoms with Crippen LogP contribution >= 0.6 is 0 Å². The summed E-state index contributed by atoms with van der Waals surface area (Å²) in [6, 6.07) is 29.5. The van der Waals surface area contributed by atoms with Gasteiger partial charge in [-0.15, -0.1) is 28.5 Å². The summed E-state index contributed by atoms with van der Waals surface area (Å²) in [7, 11) is 0. The van der Waals surface area contributed by atoms with Crippen molar-refractivity contribution >= 4 is 38.8 Å². The maximum atomic E-state index is 14.0. The molecule has 0 saturated carbocycles. The zero-order valence-corrected chi connectivity index (χ0v) is 29.8. The van der Waals surface area contributed by atoms with Crippen molar-refractivity contribution < 1.29 is 77.4 Å². The summed E-state index contributed by atoms with van der Waals surface area (Å²) < 4.78 is 84.1. The van der Waals surface area contributed by atoms with E-state index in [1.807, 2.05) is 54.6 Å². The summed E-state index contributed by atoms with van der Waals surface area (Å²) in [5, 5.41) is 5.50. The molecule has 0 aromatic heterocycles. The molecule has 0 N–H and O–H groups in total. The summed E-state index contributed by atoms with van der Waals surface area (Å²) in [5.74, 6) is 0. The molecule has 2 aliphatic carbocycles. The molecule has 6 aromatic carbocycles. The first-order chi connectivity index (χ1) is 22.6. The van der Waals surface area contributed by atoms with Crippen LogP contribution in [-0.4, -0.2) is 0 Å². The second-order valence-electron chi connectivity index (χ2n) is 11.7. The number of alkyl halides is 6. The number of fused-ring (bicyclic) bond motifs is 8. The average molecular weight is 792 g/mol. The molecular formula is C41H23Cl2F6Zr. The third kappa shape index (κ3) is 6.29. The molecule has 0 spiro atoms. The van der Waals surface area contributed by atoms with E-state index in [4.69, 9.17) is 0 Å². The number of rotatable bonds is 3. The Morgan fingerprint density at radius 3 is 1.64 bits per heavy atom. The van der Waals surface area contributed by atoms with Crippen LogP contribution in [0.4, 0.5) is 26.3 Å². The van der Waals surface area contributed by atoms with Crippen LogP contribution in [0.15, 0.2) is 127 Å². The molecule has 1 radical (unpaired) electrons. The van der Waals surface area contributed by atoms with Crippen LogP contribution in [-0.2, 0) is 38.6 Å². The van der Waals surface area contributed by atoms with E-state index >= 15 is 0 Å². The largest absolute Gasteiger partial charge is 3.00 e. The molecule has 0 fully saturated rings. The van der Waals surface area contributed by atoms with Crippen LogP contribution in [0.2, 0.25) is 0 Å². The van der Waals surface area contributed by atoms with Gasteiger partial charge in [0.1, 0.15) is 0 Å². The summed E-state index contributed by atoms with van der Waals surface area (Å²) in [6.07, 6.45) is 0.788. The van der Waals surface area contributed by atoms with Gasteiger partial charge in [-0.3, -0.25) is 0 Å². The van der Waals surface area contributed by atoms with Gasteiger partial charge in [-0.2, -0.15) is 26.3 Å². The molecule has 6 aromatic rings. The summed E-state index contributed by atoms with van der Waals surface area (Å²) in [5.41, 5.74) is 3.27.